The summed E-state index contributed by atoms with van der Waals surface area (Å²) in [7, 11) is 1.60. The van der Waals surface area contributed by atoms with E-state index in [0.29, 0.717) is 21.2 Å². The maximum Gasteiger partial charge on any atom is 0.119 e. The predicted molar refractivity (Wildman–Crippen MR) is 82.9 cm³/mol. The monoisotopic (exact) mass is 303 g/mol. The molecule has 0 aliphatic carbocycles. The number of rotatable bonds is 3. The molecular weight excluding hydrogens is 293 g/mol. The van der Waals surface area contributed by atoms with Crippen molar-refractivity contribution in [2.45, 2.75) is 0 Å². The molecule has 20 heavy (non-hydrogen) atoms. The summed E-state index contributed by atoms with van der Waals surface area (Å²) in [6, 6.07) is 14.7. The number of hydrogen-bond acceptors (Lipinski definition) is 2. The average molecular weight is 304 g/mol. The van der Waals surface area contributed by atoms with Gasteiger partial charge in [0, 0.05) is 10.6 Å². The van der Waals surface area contributed by atoms with E-state index < -0.39 is 0 Å². The van der Waals surface area contributed by atoms with Crippen LogP contribution < -0.4 is 4.74 Å². The first kappa shape index (κ1) is 14.5. The van der Waals surface area contributed by atoms with Crippen molar-refractivity contribution in [2.75, 3.05) is 7.11 Å². The zero-order valence-electron chi connectivity index (χ0n) is 10.7. The standard InChI is InChI=1S/C16H11Cl2NO/c1-20-14-4-2-3-11(8-14)7-12(10-19)15-6-5-13(17)9-16(15)18/h2-9H,1H3/b12-7+. The van der Waals surface area contributed by atoms with Crippen LogP contribution in [0.15, 0.2) is 42.5 Å². The number of hydrogen-bond donors (Lipinski definition) is 0. The first-order valence-corrected chi connectivity index (χ1v) is 6.61. The smallest absolute Gasteiger partial charge is 0.119 e. The van der Waals surface area contributed by atoms with Crippen LogP contribution in [0.4, 0.5) is 0 Å². The summed E-state index contributed by atoms with van der Waals surface area (Å²) in [5.74, 6) is 0.734. The van der Waals surface area contributed by atoms with Crippen molar-refractivity contribution in [3.05, 3.63) is 63.6 Å². The van der Waals surface area contributed by atoms with Crippen LogP contribution in [-0.2, 0) is 0 Å². The fourth-order valence-corrected chi connectivity index (χ4v) is 2.29. The van der Waals surface area contributed by atoms with Crippen LogP contribution in [0.1, 0.15) is 11.1 Å². The molecule has 2 nitrogen and oxygen atoms in total. The van der Waals surface area contributed by atoms with Gasteiger partial charge in [-0.2, -0.15) is 5.26 Å². The first-order chi connectivity index (χ1) is 9.63. The minimum absolute atomic E-state index is 0.452. The van der Waals surface area contributed by atoms with Gasteiger partial charge in [0.25, 0.3) is 0 Å². The molecule has 0 radical (unpaired) electrons. The van der Waals surface area contributed by atoms with Crippen LogP contribution in [0, 0.1) is 11.3 Å². The number of methoxy groups -OCH3 is 1. The Morgan fingerprint density at radius 1 is 1.20 bits per heavy atom. The van der Waals surface area contributed by atoms with Gasteiger partial charge in [-0.15, -0.1) is 0 Å². The number of nitrogens with zero attached hydrogens (tertiary/aromatic N) is 1. The van der Waals surface area contributed by atoms with Crippen molar-refractivity contribution in [3.8, 4) is 11.8 Å². The summed E-state index contributed by atoms with van der Waals surface area (Å²) in [4.78, 5) is 0. The topological polar surface area (TPSA) is 33.0 Å². The molecule has 0 unspecified atom stereocenters. The van der Waals surface area contributed by atoms with E-state index in [1.165, 1.54) is 0 Å². The van der Waals surface area contributed by atoms with Gasteiger partial charge < -0.3 is 4.74 Å². The Labute approximate surface area is 127 Å². The number of allylic oxidation sites excluding steroid dienone is 1. The molecule has 0 aliphatic rings. The number of halogens is 2. The molecule has 0 spiro atoms. The first-order valence-electron chi connectivity index (χ1n) is 5.85. The second kappa shape index (κ2) is 6.47. The molecule has 100 valence electrons. The quantitative estimate of drug-likeness (QED) is 0.586. The van der Waals surface area contributed by atoms with Gasteiger partial charge >= 0.3 is 0 Å². The molecule has 0 atom stereocenters. The third-order valence-corrected chi connectivity index (χ3v) is 3.29. The lowest BCUT2D eigenvalue weighted by Crippen LogP contribution is -1.86. The lowest BCUT2D eigenvalue weighted by atomic mass is 10.0. The highest BCUT2D eigenvalue weighted by Crippen LogP contribution is 2.28. The minimum atomic E-state index is 0.452. The molecule has 0 aliphatic heterocycles. The van der Waals surface area contributed by atoms with Crippen LogP contribution in [-0.4, -0.2) is 7.11 Å². The summed E-state index contributed by atoms with van der Waals surface area (Å²) < 4.78 is 5.16. The van der Waals surface area contributed by atoms with Gasteiger partial charge in [-0.25, -0.2) is 0 Å². The molecule has 0 N–H and O–H groups in total. The second-order valence-corrected chi connectivity index (χ2v) is 4.91. The van der Waals surface area contributed by atoms with Gasteiger partial charge in [0.15, 0.2) is 0 Å². The van der Waals surface area contributed by atoms with E-state index in [9.17, 15) is 5.26 Å². The Morgan fingerprint density at radius 2 is 2.00 bits per heavy atom. The normalized spacial score (nSPS) is 11.0. The van der Waals surface area contributed by atoms with E-state index in [2.05, 4.69) is 6.07 Å². The average Bonchev–Trinajstić information content (AvgIpc) is 2.45. The van der Waals surface area contributed by atoms with Gasteiger partial charge in [-0.1, -0.05) is 41.4 Å². The van der Waals surface area contributed by atoms with Crippen molar-refractivity contribution in [1.29, 1.82) is 5.26 Å². The molecule has 0 saturated carbocycles. The highest BCUT2D eigenvalue weighted by atomic mass is 35.5. The van der Waals surface area contributed by atoms with E-state index in [4.69, 9.17) is 27.9 Å². The molecule has 2 aromatic carbocycles. The highest BCUT2D eigenvalue weighted by Gasteiger charge is 2.07. The van der Waals surface area contributed by atoms with Gasteiger partial charge in [0.2, 0.25) is 0 Å². The zero-order valence-corrected chi connectivity index (χ0v) is 12.2. The summed E-state index contributed by atoms with van der Waals surface area (Å²) in [6.45, 7) is 0. The van der Waals surface area contributed by atoms with Crippen LogP contribution >= 0.6 is 23.2 Å². The Bertz CT molecular complexity index is 702. The van der Waals surface area contributed by atoms with Crippen molar-refractivity contribution >= 4 is 34.9 Å². The molecule has 0 aromatic heterocycles. The van der Waals surface area contributed by atoms with Crippen molar-refractivity contribution in [1.82, 2.24) is 0 Å². The third-order valence-electron chi connectivity index (χ3n) is 2.75. The number of ether oxygens (including phenoxy) is 1. The van der Waals surface area contributed by atoms with Crippen LogP contribution in [0.25, 0.3) is 11.6 Å². The highest BCUT2D eigenvalue weighted by molar-refractivity contribution is 6.36. The maximum absolute atomic E-state index is 9.32. The second-order valence-electron chi connectivity index (χ2n) is 4.07. The van der Waals surface area contributed by atoms with Crippen LogP contribution in [0.2, 0.25) is 10.0 Å². The maximum atomic E-state index is 9.32. The lowest BCUT2D eigenvalue weighted by molar-refractivity contribution is 0.414. The molecule has 0 amide bonds. The zero-order chi connectivity index (χ0) is 14.5. The Balaban J connectivity index is 2.46. The van der Waals surface area contributed by atoms with Crippen LogP contribution in [0.5, 0.6) is 5.75 Å². The summed E-state index contributed by atoms with van der Waals surface area (Å²) in [5, 5.41) is 10.3. The minimum Gasteiger partial charge on any atom is -0.497 e. The van der Waals surface area contributed by atoms with E-state index in [1.807, 2.05) is 24.3 Å². The van der Waals surface area contributed by atoms with Gasteiger partial charge in [-0.05, 0) is 35.9 Å². The number of nitriles is 1. The molecule has 0 fully saturated rings. The largest absolute Gasteiger partial charge is 0.497 e. The SMILES string of the molecule is COc1cccc(/C=C(\C#N)c2ccc(Cl)cc2Cl)c1. The van der Waals surface area contributed by atoms with Crippen molar-refractivity contribution in [3.63, 3.8) is 0 Å². The lowest BCUT2D eigenvalue weighted by Gasteiger charge is -2.04. The molecular formula is C16H11Cl2NO. The Hall–Kier alpha value is -1.95. The fourth-order valence-electron chi connectivity index (χ4n) is 1.78. The van der Waals surface area contributed by atoms with Crippen molar-refractivity contribution in [2.24, 2.45) is 0 Å². The summed E-state index contributed by atoms with van der Waals surface area (Å²) >= 11 is 12.0. The summed E-state index contributed by atoms with van der Waals surface area (Å²) in [6.07, 6.45) is 1.76. The van der Waals surface area contributed by atoms with Gasteiger partial charge in [0.1, 0.15) is 5.75 Å². The molecule has 0 heterocycles. The third kappa shape index (κ3) is 3.33. The Morgan fingerprint density at radius 3 is 2.65 bits per heavy atom. The van der Waals surface area contributed by atoms with E-state index in [1.54, 1.807) is 31.4 Å². The van der Waals surface area contributed by atoms with Crippen LogP contribution in [0.3, 0.4) is 0 Å². The van der Waals surface area contributed by atoms with E-state index in [-0.39, 0.29) is 0 Å². The molecule has 0 bridgehead atoms. The van der Waals surface area contributed by atoms with Gasteiger partial charge in [-0.3, -0.25) is 0 Å². The fraction of sp³-hybridized carbons (Fsp3) is 0.0625. The molecule has 0 saturated heterocycles. The summed E-state index contributed by atoms with van der Waals surface area (Å²) in [5.41, 5.74) is 1.99. The van der Waals surface area contributed by atoms with Gasteiger partial charge in [0.05, 0.1) is 23.8 Å². The van der Waals surface area contributed by atoms with Crippen molar-refractivity contribution < 1.29 is 4.74 Å². The van der Waals surface area contributed by atoms with E-state index in [0.717, 1.165) is 11.3 Å². The molecule has 4 heteroatoms. The Kier molecular flexibility index (Phi) is 4.68. The number of benzene rings is 2. The van der Waals surface area contributed by atoms with E-state index >= 15 is 0 Å². The molecule has 2 aromatic rings. The predicted octanol–water partition coefficient (Wildman–Crippen LogP) is 5.07. The molecule has 2 rings (SSSR count).